The molecule has 0 aliphatic carbocycles. The molecule has 0 radical (unpaired) electrons. The van der Waals surface area contributed by atoms with Crippen LogP contribution < -0.4 is 14.6 Å². The maximum atomic E-state index is 11.7. The van der Waals surface area contributed by atoms with Crippen molar-refractivity contribution in [3.8, 4) is 17.2 Å². The maximum Gasteiger partial charge on any atom is 0.270 e. The second-order valence-electron chi connectivity index (χ2n) is 4.51. The number of nitro groups is 1. The summed E-state index contributed by atoms with van der Waals surface area (Å²) in [5.41, 5.74) is 0.526. The van der Waals surface area contributed by atoms with Crippen LogP contribution in [0.2, 0.25) is 0 Å². The molecule has 0 amide bonds. The first kappa shape index (κ1) is 16.3. The normalized spacial score (nSPS) is 10.7. The first-order chi connectivity index (χ1) is 11.0. The van der Waals surface area contributed by atoms with Crippen molar-refractivity contribution < 1.29 is 19.5 Å². The Balaban J connectivity index is 2.30. The van der Waals surface area contributed by atoms with Gasteiger partial charge in [0.2, 0.25) is 0 Å². The molecule has 0 unspecified atom stereocenters. The molecule has 7 nitrogen and oxygen atoms in total. The Morgan fingerprint density at radius 1 is 1.22 bits per heavy atom. The third-order valence-electron chi connectivity index (χ3n) is 3.00. The minimum absolute atomic E-state index is 0.145. The molecule has 0 saturated heterocycles. The third kappa shape index (κ3) is 3.97. The molecule has 0 N–H and O–H groups in total. The van der Waals surface area contributed by atoms with Crippen molar-refractivity contribution in [2.24, 2.45) is 4.99 Å². The van der Waals surface area contributed by atoms with E-state index in [1.807, 2.05) is 6.92 Å². The number of ether oxygens (including phenoxy) is 2. The molecule has 0 aliphatic heterocycles. The zero-order valence-electron chi connectivity index (χ0n) is 12.7. The van der Waals surface area contributed by atoms with E-state index in [2.05, 4.69) is 4.99 Å². The molecule has 0 fully saturated rings. The summed E-state index contributed by atoms with van der Waals surface area (Å²) in [6.45, 7) is 2.37. The van der Waals surface area contributed by atoms with Crippen molar-refractivity contribution in [3.05, 3.63) is 52.1 Å². The van der Waals surface area contributed by atoms with Crippen LogP contribution in [0.3, 0.4) is 0 Å². The Morgan fingerprint density at radius 2 is 2.00 bits per heavy atom. The summed E-state index contributed by atoms with van der Waals surface area (Å²) in [5.74, 6) is 0.772. The average Bonchev–Trinajstić information content (AvgIpc) is 2.55. The topological polar surface area (TPSA) is 97.0 Å². The monoisotopic (exact) mass is 315 g/mol. The van der Waals surface area contributed by atoms with Gasteiger partial charge in [0.1, 0.15) is 0 Å². The molecular weight excluding hydrogens is 300 g/mol. The number of methoxy groups -OCH3 is 1. The lowest BCUT2D eigenvalue weighted by Crippen LogP contribution is -1.98. The van der Waals surface area contributed by atoms with E-state index < -0.39 is 4.92 Å². The molecule has 2 aromatic carbocycles. The molecule has 0 aliphatic rings. The lowest BCUT2D eigenvalue weighted by molar-refractivity contribution is -0.385. The van der Waals surface area contributed by atoms with Gasteiger partial charge < -0.3 is 14.6 Å². The summed E-state index contributed by atoms with van der Waals surface area (Å²) in [4.78, 5) is 14.4. The summed E-state index contributed by atoms with van der Waals surface area (Å²) in [5, 5.41) is 22.5. The SMILES string of the molecule is CCOc1ccc(N=Cc2cc([N+](=O)[O-])ccc2[O-])cc1OC. The minimum atomic E-state index is -0.559. The van der Waals surface area contributed by atoms with Gasteiger partial charge >= 0.3 is 0 Å². The molecule has 0 saturated carbocycles. The highest BCUT2D eigenvalue weighted by Crippen LogP contribution is 2.31. The summed E-state index contributed by atoms with van der Waals surface area (Å²) < 4.78 is 10.6. The first-order valence-electron chi connectivity index (χ1n) is 6.85. The summed E-state index contributed by atoms with van der Waals surface area (Å²) in [6.07, 6.45) is 1.30. The highest BCUT2D eigenvalue weighted by atomic mass is 16.6. The second-order valence-corrected chi connectivity index (χ2v) is 4.51. The Bertz CT molecular complexity index is 743. The van der Waals surface area contributed by atoms with E-state index in [1.54, 1.807) is 18.2 Å². The molecule has 2 aromatic rings. The summed E-state index contributed by atoms with van der Waals surface area (Å²) in [6, 6.07) is 8.57. The third-order valence-corrected chi connectivity index (χ3v) is 3.00. The molecule has 7 heteroatoms. The van der Waals surface area contributed by atoms with Crippen LogP contribution in [0.1, 0.15) is 12.5 Å². The van der Waals surface area contributed by atoms with Gasteiger partial charge in [0.25, 0.3) is 5.69 Å². The van der Waals surface area contributed by atoms with Gasteiger partial charge in [0, 0.05) is 24.4 Å². The second kappa shape index (κ2) is 7.26. The molecule has 0 heterocycles. The van der Waals surface area contributed by atoms with Crippen molar-refractivity contribution in [3.63, 3.8) is 0 Å². The van der Waals surface area contributed by atoms with Crippen LogP contribution in [0.25, 0.3) is 0 Å². The van der Waals surface area contributed by atoms with E-state index in [0.29, 0.717) is 23.8 Å². The van der Waals surface area contributed by atoms with Gasteiger partial charge in [-0.1, -0.05) is 11.8 Å². The minimum Gasteiger partial charge on any atom is -0.872 e. The van der Waals surface area contributed by atoms with E-state index in [0.717, 1.165) is 6.07 Å². The predicted octanol–water partition coefficient (Wildman–Crippen LogP) is 2.83. The molecule has 0 atom stereocenters. The molecule has 0 bridgehead atoms. The van der Waals surface area contributed by atoms with Crippen molar-refractivity contribution in [1.82, 2.24) is 0 Å². The number of benzene rings is 2. The van der Waals surface area contributed by atoms with Crippen LogP contribution in [0, 0.1) is 10.1 Å². The van der Waals surface area contributed by atoms with E-state index in [4.69, 9.17) is 9.47 Å². The lowest BCUT2D eigenvalue weighted by Gasteiger charge is -2.10. The Kier molecular flexibility index (Phi) is 5.14. The molecule has 0 aromatic heterocycles. The fraction of sp³-hybridized carbons (Fsp3) is 0.188. The van der Waals surface area contributed by atoms with Gasteiger partial charge in [-0.15, -0.1) is 0 Å². The number of nitrogens with zero attached hydrogens (tertiary/aromatic N) is 2. The molecule has 120 valence electrons. The smallest absolute Gasteiger partial charge is 0.270 e. The van der Waals surface area contributed by atoms with Crippen molar-refractivity contribution >= 4 is 17.6 Å². The Labute approximate surface area is 133 Å². The highest BCUT2D eigenvalue weighted by molar-refractivity contribution is 5.86. The zero-order valence-corrected chi connectivity index (χ0v) is 12.7. The molecule has 23 heavy (non-hydrogen) atoms. The van der Waals surface area contributed by atoms with Crippen LogP contribution >= 0.6 is 0 Å². The van der Waals surface area contributed by atoms with E-state index >= 15 is 0 Å². The maximum absolute atomic E-state index is 11.7. The standard InChI is InChI=1S/C16H16N2O5/c1-3-23-15-7-4-12(9-16(15)22-2)17-10-11-8-13(18(20)21)5-6-14(11)19/h4-10,19H,3H2,1-2H3/p-1. The first-order valence-corrected chi connectivity index (χ1v) is 6.85. The summed E-state index contributed by atoms with van der Waals surface area (Å²) >= 11 is 0. The van der Waals surface area contributed by atoms with Gasteiger partial charge in [0.05, 0.1) is 24.3 Å². The van der Waals surface area contributed by atoms with Crippen LogP contribution in [0.15, 0.2) is 41.4 Å². The van der Waals surface area contributed by atoms with Crippen LogP contribution in [0.4, 0.5) is 11.4 Å². The zero-order chi connectivity index (χ0) is 16.8. The average molecular weight is 315 g/mol. The highest BCUT2D eigenvalue weighted by Gasteiger charge is 2.06. The van der Waals surface area contributed by atoms with Crippen LogP contribution in [0.5, 0.6) is 17.2 Å². The lowest BCUT2D eigenvalue weighted by atomic mass is 10.2. The largest absolute Gasteiger partial charge is 0.872 e. The Hall–Kier alpha value is -3.09. The predicted molar refractivity (Wildman–Crippen MR) is 84.0 cm³/mol. The van der Waals surface area contributed by atoms with E-state index in [9.17, 15) is 15.2 Å². The molecular formula is C16H15N2O5-. The van der Waals surface area contributed by atoms with Crippen molar-refractivity contribution in [2.75, 3.05) is 13.7 Å². The van der Waals surface area contributed by atoms with Crippen molar-refractivity contribution in [1.29, 1.82) is 0 Å². The quantitative estimate of drug-likeness (QED) is 0.464. The molecule has 2 rings (SSSR count). The van der Waals surface area contributed by atoms with Crippen molar-refractivity contribution in [2.45, 2.75) is 6.92 Å². The summed E-state index contributed by atoms with van der Waals surface area (Å²) in [7, 11) is 1.52. The fourth-order valence-electron chi connectivity index (χ4n) is 1.91. The number of non-ortho nitro benzene ring substituents is 1. The fourth-order valence-corrected chi connectivity index (χ4v) is 1.91. The molecule has 0 spiro atoms. The number of hydrogen-bond acceptors (Lipinski definition) is 6. The number of nitro benzene ring substituents is 1. The van der Waals surface area contributed by atoms with E-state index in [-0.39, 0.29) is 17.0 Å². The van der Waals surface area contributed by atoms with Gasteiger partial charge in [-0.05, 0) is 24.6 Å². The van der Waals surface area contributed by atoms with Crippen LogP contribution in [-0.4, -0.2) is 24.9 Å². The van der Waals surface area contributed by atoms with Gasteiger partial charge in [-0.3, -0.25) is 15.1 Å². The van der Waals surface area contributed by atoms with Gasteiger partial charge in [0.15, 0.2) is 11.5 Å². The number of aliphatic imine (C=N–C) groups is 1. The van der Waals surface area contributed by atoms with Gasteiger partial charge in [-0.2, -0.15) is 0 Å². The Morgan fingerprint density at radius 3 is 2.65 bits per heavy atom. The van der Waals surface area contributed by atoms with E-state index in [1.165, 1.54) is 25.5 Å². The number of rotatable bonds is 6. The number of hydrogen-bond donors (Lipinski definition) is 0. The van der Waals surface area contributed by atoms with Crippen LogP contribution in [-0.2, 0) is 0 Å². The van der Waals surface area contributed by atoms with Gasteiger partial charge in [-0.25, -0.2) is 0 Å².